The molecule has 0 saturated heterocycles. The van der Waals surface area contributed by atoms with Gasteiger partial charge in [-0.2, -0.15) is 0 Å². The molecule has 1 saturated carbocycles. The van der Waals surface area contributed by atoms with Gasteiger partial charge in [0.1, 0.15) is 0 Å². The van der Waals surface area contributed by atoms with E-state index in [0.29, 0.717) is 0 Å². The molecule has 1 aromatic carbocycles. The number of nitrogens with one attached hydrogen (secondary N) is 1. The molecule has 1 aliphatic heterocycles. The van der Waals surface area contributed by atoms with Gasteiger partial charge in [-0.15, -0.1) is 11.3 Å². The summed E-state index contributed by atoms with van der Waals surface area (Å²) in [6.07, 6.45) is 4.87. The van der Waals surface area contributed by atoms with Gasteiger partial charge in [0.25, 0.3) is 0 Å². The summed E-state index contributed by atoms with van der Waals surface area (Å²) in [5.41, 5.74) is 2.48. The first-order valence-corrected chi connectivity index (χ1v) is 9.75. The number of carbonyl (C=O) groups is 2. The van der Waals surface area contributed by atoms with Crippen molar-refractivity contribution in [2.75, 3.05) is 16.8 Å². The summed E-state index contributed by atoms with van der Waals surface area (Å²) in [5.74, 6) is 0.132. The quantitative estimate of drug-likeness (QED) is 0.902. The van der Waals surface area contributed by atoms with Gasteiger partial charge in [-0.1, -0.05) is 25.0 Å². The third kappa shape index (κ3) is 2.76. The van der Waals surface area contributed by atoms with Crippen LogP contribution in [0.4, 0.5) is 11.4 Å². The highest BCUT2D eigenvalue weighted by molar-refractivity contribution is 7.10. The van der Waals surface area contributed by atoms with Crippen LogP contribution < -0.4 is 10.2 Å². The number of anilines is 2. The molecule has 1 aromatic heterocycles. The van der Waals surface area contributed by atoms with E-state index >= 15 is 0 Å². The number of benzene rings is 1. The average molecular weight is 354 g/mol. The molecule has 0 bridgehead atoms. The molecule has 1 fully saturated rings. The lowest BCUT2D eigenvalue weighted by atomic mass is 9.83. The van der Waals surface area contributed by atoms with Crippen molar-refractivity contribution in [2.45, 2.75) is 44.4 Å². The molecule has 2 aliphatic rings. The number of hydrogen-bond acceptors (Lipinski definition) is 3. The molecule has 0 atom stereocenters. The second kappa shape index (κ2) is 6.30. The number of thiophene rings is 1. The molecule has 2 amide bonds. The minimum absolute atomic E-state index is 0.0491. The fourth-order valence-electron chi connectivity index (χ4n) is 4.15. The maximum atomic E-state index is 13.2. The minimum atomic E-state index is -0.395. The topological polar surface area (TPSA) is 49.4 Å². The van der Waals surface area contributed by atoms with Crippen LogP contribution in [-0.4, -0.2) is 18.4 Å². The normalized spacial score (nSPS) is 18.2. The first kappa shape index (κ1) is 16.3. The van der Waals surface area contributed by atoms with Crippen molar-refractivity contribution in [3.8, 4) is 0 Å². The summed E-state index contributed by atoms with van der Waals surface area (Å²) in [6, 6.07) is 10.0. The van der Waals surface area contributed by atoms with Crippen molar-refractivity contribution in [3.63, 3.8) is 0 Å². The van der Waals surface area contributed by atoms with Crippen molar-refractivity contribution >= 4 is 34.5 Å². The molecular formula is C20H22N2O2S. The monoisotopic (exact) mass is 354 g/mol. The van der Waals surface area contributed by atoms with Gasteiger partial charge in [-0.25, -0.2) is 0 Å². The van der Waals surface area contributed by atoms with E-state index in [0.717, 1.165) is 54.9 Å². The Kier molecular flexibility index (Phi) is 4.12. The van der Waals surface area contributed by atoms with Crippen LogP contribution in [0.3, 0.4) is 0 Å². The zero-order valence-electron chi connectivity index (χ0n) is 14.4. The second-order valence-corrected chi connectivity index (χ2v) is 7.93. The van der Waals surface area contributed by atoms with Crippen LogP contribution in [0.25, 0.3) is 0 Å². The molecular weight excluding hydrogens is 332 g/mol. The van der Waals surface area contributed by atoms with Gasteiger partial charge in [-0.05, 0) is 48.4 Å². The van der Waals surface area contributed by atoms with Crippen LogP contribution in [0.1, 0.15) is 43.0 Å². The molecule has 1 N–H and O–H groups in total. The van der Waals surface area contributed by atoms with Crippen LogP contribution in [0.2, 0.25) is 0 Å². The Balaban J connectivity index is 1.61. The lowest BCUT2D eigenvalue weighted by molar-refractivity contribution is -0.121. The molecule has 2 aromatic rings. The third-order valence-electron chi connectivity index (χ3n) is 5.50. The van der Waals surface area contributed by atoms with E-state index in [1.165, 1.54) is 5.56 Å². The summed E-state index contributed by atoms with van der Waals surface area (Å²) >= 11 is 1.67. The molecule has 5 heteroatoms. The number of amides is 2. The van der Waals surface area contributed by atoms with Gasteiger partial charge in [0, 0.05) is 29.7 Å². The Morgan fingerprint density at radius 2 is 2.00 bits per heavy atom. The second-order valence-electron chi connectivity index (χ2n) is 6.98. The number of rotatable bonds is 3. The molecule has 0 radical (unpaired) electrons. The number of fused-ring (bicyclic) bond motifs is 1. The Morgan fingerprint density at radius 3 is 2.68 bits per heavy atom. The van der Waals surface area contributed by atoms with Crippen LogP contribution in [0, 0.1) is 0 Å². The van der Waals surface area contributed by atoms with Gasteiger partial charge < -0.3 is 10.2 Å². The molecule has 130 valence electrons. The van der Waals surface area contributed by atoms with E-state index in [4.69, 9.17) is 0 Å². The fraction of sp³-hybridized carbons (Fsp3) is 0.400. The highest BCUT2D eigenvalue weighted by atomic mass is 32.1. The Hall–Kier alpha value is -2.14. The summed E-state index contributed by atoms with van der Waals surface area (Å²) in [4.78, 5) is 27.9. The summed E-state index contributed by atoms with van der Waals surface area (Å²) in [7, 11) is 0. The first-order valence-electron chi connectivity index (χ1n) is 8.87. The van der Waals surface area contributed by atoms with Crippen LogP contribution >= 0.6 is 11.3 Å². The molecule has 4 rings (SSSR count). The van der Waals surface area contributed by atoms with E-state index in [2.05, 4.69) is 11.4 Å². The van der Waals surface area contributed by atoms with Crippen molar-refractivity contribution < 1.29 is 9.59 Å². The van der Waals surface area contributed by atoms with E-state index in [1.807, 2.05) is 29.6 Å². The SMILES string of the molecule is CC(=O)N1CCc2ccc(NC(=O)C3(c4cccs4)CCCC3)cc21. The summed E-state index contributed by atoms with van der Waals surface area (Å²) < 4.78 is 0. The van der Waals surface area contributed by atoms with Crippen LogP contribution in [0.5, 0.6) is 0 Å². The van der Waals surface area contributed by atoms with Gasteiger partial charge in [0.15, 0.2) is 0 Å². The maximum absolute atomic E-state index is 13.2. The van der Waals surface area contributed by atoms with Crippen LogP contribution in [-0.2, 0) is 21.4 Å². The summed E-state index contributed by atoms with van der Waals surface area (Å²) in [5, 5.41) is 5.18. The van der Waals surface area contributed by atoms with Gasteiger partial charge in [-0.3, -0.25) is 9.59 Å². The van der Waals surface area contributed by atoms with E-state index in [1.54, 1.807) is 23.2 Å². The van der Waals surface area contributed by atoms with Crippen molar-refractivity contribution in [3.05, 3.63) is 46.2 Å². The van der Waals surface area contributed by atoms with E-state index < -0.39 is 5.41 Å². The highest BCUT2D eigenvalue weighted by Crippen LogP contribution is 2.44. The maximum Gasteiger partial charge on any atom is 0.235 e. The zero-order valence-corrected chi connectivity index (χ0v) is 15.2. The number of hydrogen-bond donors (Lipinski definition) is 1. The predicted octanol–water partition coefficient (Wildman–Crippen LogP) is 4.11. The molecule has 2 heterocycles. The van der Waals surface area contributed by atoms with Crippen molar-refractivity contribution in [2.24, 2.45) is 0 Å². The van der Waals surface area contributed by atoms with Crippen LogP contribution in [0.15, 0.2) is 35.7 Å². The summed E-state index contributed by atoms with van der Waals surface area (Å²) in [6.45, 7) is 2.31. The Labute approximate surface area is 151 Å². The lowest BCUT2D eigenvalue weighted by Gasteiger charge is -2.27. The molecule has 0 unspecified atom stereocenters. The molecule has 1 aliphatic carbocycles. The Bertz CT molecular complexity index is 807. The molecule has 0 spiro atoms. The largest absolute Gasteiger partial charge is 0.325 e. The van der Waals surface area contributed by atoms with Crippen molar-refractivity contribution in [1.82, 2.24) is 0 Å². The number of carbonyl (C=O) groups excluding carboxylic acids is 2. The Morgan fingerprint density at radius 1 is 1.20 bits per heavy atom. The first-order chi connectivity index (χ1) is 12.1. The molecule has 25 heavy (non-hydrogen) atoms. The van der Waals surface area contributed by atoms with E-state index in [-0.39, 0.29) is 11.8 Å². The van der Waals surface area contributed by atoms with Gasteiger partial charge in [0.2, 0.25) is 11.8 Å². The predicted molar refractivity (Wildman–Crippen MR) is 101 cm³/mol. The van der Waals surface area contributed by atoms with Gasteiger partial charge in [0.05, 0.1) is 5.41 Å². The fourth-order valence-corrected chi connectivity index (χ4v) is 5.13. The third-order valence-corrected chi connectivity index (χ3v) is 6.58. The standard InChI is InChI=1S/C20H22N2O2S/c1-14(23)22-11-8-15-6-7-16(13-17(15)22)21-19(24)20(9-2-3-10-20)18-5-4-12-25-18/h4-7,12-13H,2-3,8-11H2,1H3,(H,21,24). The van der Waals surface area contributed by atoms with Crippen molar-refractivity contribution in [1.29, 1.82) is 0 Å². The average Bonchev–Trinajstić information content (AvgIpc) is 3.34. The minimum Gasteiger partial charge on any atom is -0.325 e. The van der Waals surface area contributed by atoms with E-state index in [9.17, 15) is 9.59 Å². The molecule has 4 nitrogen and oxygen atoms in total. The zero-order chi connectivity index (χ0) is 17.4. The lowest BCUT2D eigenvalue weighted by Crippen LogP contribution is -2.37. The number of nitrogens with zero attached hydrogens (tertiary/aromatic N) is 1. The highest BCUT2D eigenvalue weighted by Gasteiger charge is 2.43. The smallest absolute Gasteiger partial charge is 0.235 e. The van der Waals surface area contributed by atoms with Gasteiger partial charge >= 0.3 is 0 Å².